The molecule has 3 unspecified atom stereocenters. The monoisotopic (exact) mass is 274 g/mol. The Morgan fingerprint density at radius 1 is 1.20 bits per heavy atom. The van der Waals surface area contributed by atoms with Crippen LogP contribution in [0.3, 0.4) is 0 Å². The summed E-state index contributed by atoms with van der Waals surface area (Å²) in [7, 11) is 0. The minimum absolute atomic E-state index is 0.294. The Morgan fingerprint density at radius 3 is 2.45 bits per heavy atom. The number of aromatic nitrogens is 1. The van der Waals surface area contributed by atoms with E-state index in [0.717, 1.165) is 5.56 Å². The van der Waals surface area contributed by atoms with E-state index in [1.807, 2.05) is 61.8 Å². The minimum Gasteiger partial charge on any atom is -0.388 e. The normalized spacial score (nSPS) is 18.1. The maximum atomic E-state index is 10.7. The third-order valence-electron chi connectivity index (χ3n) is 3.70. The van der Waals surface area contributed by atoms with Crippen LogP contribution in [0.2, 0.25) is 0 Å². The summed E-state index contributed by atoms with van der Waals surface area (Å²) in [6.07, 6.45) is 3.55. The summed E-state index contributed by atoms with van der Waals surface area (Å²) >= 11 is 0. The van der Waals surface area contributed by atoms with Gasteiger partial charge in [-0.05, 0) is 43.4 Å². The van der Waals surface area contributed by atoms with E-state index in [2.05, 4.69) is 0 Å². The summed E-state index contributed by atoms with van der Waals surface area (Å²) in [5, 5.41) is 20.9. The topological polar surface area (TPSA) is 45.4 Å². The molecule has 108 valence electrons. The van der Waals surface area contributed by atoms with Gasteiger partial charge in [0.15, 0.2) is 0 Å². The van der Waals surface area contributed by atoms with Gasteiger partial charge in [-0.15, -0.1) is 0 Å². The molecule has 0 radical (unpaired) electrons. The summed E-state index contributed by atoms with van der Waals surface area (Å²) in [5.41, 5.74) is -0.248. The van der Waals surface area contributed by atoms with E-state index in [1.165, 1.54) is 0 Å². The third kappa shape index (κ3) is 3.50. The average Bonchev–Trinajstić information content (AvgIpc) is 3.02. The van der Waals surface area contributed by atoms with Crippen LogP contribution in [0.1, 0.15) is 45.6 Å². The maximum Gasteiger partial charge on any atom is 0.140 e. The van der Waals surface area contributed by atoms with E-state index in [9.17, 15) is 10.2 Å². The Balaban J connectivity index is 1.99. The van der Waals surface area contributed by atoms with Gasteiger partial charge in [0.2, 0.25) is 0 Å². The third-order valence-corrected chi connectivity index (χ3v) is 3.70. The fraction of sp³-hybridized carbons (Fsp3) is 0.412. The van der Waals surface area contributed by atoms with Crippen molar-refractivity contribution in [2.24, 2.45) is 0 Å². The van der Waals surface area contributed by atoms with Gasteiger partial charge in [0.25, 0.3) is 0 Å². The van der Waals surface area contributed by atoms with Crippen molar-refractivity contribution in [3.05, 3.63) is 60.4 Å². The number of nitrogens with zero attached hydrogens (tertiary/aromatic N) is 1. The molecule has 0 spiro atoms. The lowest BCUT2D eigenvalue weighted by atomic mass is 9.98. The van der Waals surface area contributed by atoms with Crippen LogP contribution in [0.15, 0.2) is 54.9 Å². The van der Waals surface area contributed by atoms with Gasteiger partial charge in [-0.25, -0.2) is 0 Å². The minimum atomic E-state index is -1.06. The van der Waals surface area contributed by atoms with Gasteiger partial charge >= 0.3 is 0 Å². The van der Waals surface area contributed by atoms with E-state index < -0.39 is 18.2 Å². The molecule has 3 nitrogen and oxygen atoms in total. The quantitative estimate of drug-likeness (QED) is 0.812. The highest BCUT2D eigenvalue weighted by molar-refractivity contribution is 5.17. The van der Waals surface area contributed by atoms with Crippen LogP contribution >= 0.6 is 0 Å². The van der Waals surface area contributed by atoms with Gasteiger partial charge in [0.1, 0.15) is 5.72 Å². The van der Waals surface area contributed by atoms with E-state index in [-0.39, 0.29) is 0 Å². The van der Waals surface area contributed by atoms with Crippen molar-refractivity contribution in [3.63, 3.8) is 0 Å². The first-order chi connectivity index (χ1) is 10.0. The summed E-state index contributed by atoms with van der Waals surface area (Å²) in [6, 6.07) is 13.1. The molecule has 2 rings (SSSR count). The zero-order valence-electron chi connectivity index (χ0n) is 12.8. The van der Waals surface area contributed by atoms with Crippen molar-refractivity contribution in [2.45, 2.75) is 44.4 Å². The van der Waals surface area contributed by atoms with Gasteiger partial charge in [0.05, 0.1) is 6.10 Å². The van der Waals surface area contributed by atoms with Gasteiger partial charge in [-0.3, -0.25) is 0 Å². The molecule has 3 atom stereocenters. The van der Waals surface area contributed by atoms with Crippen LogP contribution < -0.4 is 0 Å². The molecule has 3 heteroatoms. The molecule has 0 aliphatic rings. The lowest BCUT2D eigenvalue weighted by Gasteiger charge is -2.29. The molecule has 1 aromatic heterocycles. The molecule has 1 heterocycles. The molecule has 0 fully saturated rings. The predicted molar refractivity (Wildman–Crippen MR) is 80.2 cm³/mol. The summed E-state index contributed by atoms with van der Waals surface area (Å²) in [6.45, 7) is 1.90. The van der Waals surface area contributed by atoms with Gasteiger partial charge in [0, 0.05) is 13.8 Å². The van der Waals surface area contributed by atoms with Gasteiger partial charge < -0.3 is 14.8 Å². The smallest absolute Gasteiger partial charge is 0.140 e. The highest BCUT2D eigenvalue weighted by Crippen LogP contribution is 2.27. The highest BCUT2D eigenvalue weighted by Gasteiger charge is 2.25. The average molecular weight is 274 g/mol. The zero-order chi connectivity index (χ0) is 15.3. The molecule has 2 N–H and O–H groups in total. The number of rotatable bonds is 7. The Hall–Kier alpha value is -1.58. The molecule has 0 saturated carbocycles. The van der Waals surface area contributed by atoms with Crippen LogP contribution in [0.25, 0.3) is 0 Å². The summed E-state index contributed by atoms with van der Waals surface area (Å²) in [4.78, 5) is 0. The highest BCUT2D eigenvalue weighted by atomic mass is 16.3. The molecule has 0 amide bonds. The summed E-state index contributed by atoms with van der Waals surface area (Å²) in [5.74, 6) is 0. The first-order valence-corrected chi connectivity index (χ1v) is 7.06. The lowest BCUT2D eigenvalue weighted by Crippen LogP contribution is -2.31. The second-order valence-corrected chi connectivity index (χ2v) is 5.08. The SMILES string of the molecule is [2H]C(CC(O)c1ccccc1)CC(O)(CC)n1cccc1. The van der Waals surface area contributed by atoms with Crippen molar-refractivity contribution in [1.82, 2.24) is 4.57 Å². The van der Waals surface area contributed by atoms with E-state index in [1.54, 1.807) is 4.57 Å². The molecule has 0 bridgehead atoms. The number of hydrogen-bond acceptors (Lipinski definition) is 2. The zero-order valence-corrected chi connectivity index (χ0v) is 11.8. The van der Waals surface area contributed by atoms with Gasteiger partial charge in [-0.2, -0.15) is 0 Å². The number of aliphatic hydroxyl groups excluding tert-OH is 1. The standard InChI is InChI=1S/C17H23NO2/c1-2-17(20,18-13-6-7-14-18)12-8-11-16(19)15-9-4-3-5-10-15/h3-7,9-10,13-14,16,19-20H,2,8,11-12H2,1H3/i8D. The number of hydrogen-bond donors (Lipinski definition) is 2. The van der Waals surface area contributed by atoms with E-state index >= 15 is 0 Å². The fourth-order valence-corrected chi connectivity index (χ4v) is 2.33. The number of aliphatic hydroxyl groups is 2. The molecule has 20 heavy (non-hydrogen) atoms. The van der Waals surface area contributed by atoms with Crippen molar-refractivity contribution < 1.29 is 11.6 Å². The second kappa shape index (κ2) is 6.73. The molecule has 0 saturated heterocycles. The predicted octanol–water partition coefficient (Wildman–Crippen LogP) is 3.45. The van der Waals surface area contributed by atoms with Crippen LogP contribution in [0.5, 0.6) is 0 Å². The van der Waals surface area contributed by atoms with Crippen molar-refractivity contribution >= 4 is 0 Å². The Bertz CT molecular complexity index is 529. The molecular formula is C17H23NO2. The largest absolute Gasteiger partial charge is 0.388 e. The van der Waals surface area contributed by atoms with Crippen LogP contribution in [0, 0.1) is 0 Å². The molecule has 2 aromatic rings. The van der Waals surface area contributed by atoms with E-state index in [0.29, 0.717) is 19.3 Å². The lowest BCUT2D eigenvalue weighted by molar-refractivity contribution is -0.0529. The van der Waals surface area contributed by atoms with E-state index in [4.69, 9.17) is 1.37 Å². The first-order valence-electron chi connectivity index (χ1n) is 7.64. The Morgan fingerprint density at radius 2 is 1.85 bits per heavy atom. The van der Waals surface area contributed by atoms with Crippen molar-refractivity contribution in [1.29, 1.82) is 0 Å². The van der Waals surface area contributed by atoms with Gasteiger partial charge in [-0.1, -0.05) is 37.3 Å². The fourth-order valence-electron chi connectivity index (χ4n) is 2.33. The molecule has 1 aromatic carbocycles. The Kier molecular flexibility index (Phi) is 4.51. The molecular weight excluding hydrogens is 250 g/mol. The first kappa shape index (κ1) is 13.4. The van der Waals surface area contributed by atoms with Crippen LogP contribution in [0.4, 0.5) is 0 Å². The molecule has 0 aliphatic heterocycles. The maximum absolute atomic E-state index is 10.7. The summed E-state index contributed by atoms with van der Waals surface area (Å²) < 4.78 is 9.92. The van der Waals surface area contributed by atoms with Crippen LogP contribution in [-0.2, 0) is 5.72 Å². The second-order valence-electron chi connectivity index (χ2n) is 5.08. The van der Waals surface area contributed by atoms with Crippen LogP contribution in [-0.4, -0.2) is 14.8 Å². The van der Waals surface area contributed by atoms with Crippen molar-refractivity contribution in [2.75, 3.05) is 0 Å². The number of benzene rings is 1. The Labute approximate surface area is 121 Å². The molecule has 0 aliphatic carbocycles. The van der Waals surface area contributed by atoms with Crippen molar-refractivity contribution in [3.8, 4) is 0 Å².